The van der Waals surface area contributed by atoms with Crippen molar-refractivity contribution in [3.63, 3.8) is 0 Å². The molecule has 1 aromatic carbocycles. The quantitative estimate of drug-likeness (QED) is 0.436. The molecule has 1 aliphatic rings. The normalized spacial score (nSPS) is 21.9. The molecule has 2 atom stereocenters. The maximum atomic E-state index is 11.9. The Hall–Kier alpha value is -2.47. The minimum atomic E-state index is -1.03. The lowest BCUT2D eigenvalue weighted by Gasteiger charge is -2.24. The summed E-state index contributed by atoms with van der Waals surface area (Å²) in [5.74, 6) is -1.01. The third-order valence-corrected chi connectivity index (χ3v) is 3.65. The van der Waals surface area contributed by atoms with Crippen molar-refractivity contribution < 1.29 is 29.6 Å². The van der Waals surface area contributed by atoms with Crippen LogP contribution in [-0.2, 0) is 20.7 Å². The van der Waals surface area contributed by atoms with E-state index in [1.807, 2.05) is 0 Å². The van der Waals surface area contributed by atoms with Crippen LogP contribution >= 0.6 is 0 Å². The maximum Gasteiger partial charge on any atom is 0.306 e. The fraction of sp³-hybridized carbons (Fsp3) is 0.353. The minimum absolute atomic E-state index is 0.122. The number of ether oxygens (including phenoxy) is 2. The Kier molecular flexibility index (Phi) is 5.65. The second-order valence-corrected chi connectivity index (χ2v) is 5.21. The standard InChI is InChI=1S/C17H20O6/c1-2-13-12(6-8-23-17(13)21)10-16(20)22-7-5-11-3-4-14(18)15(19)9-11/h2-4,6,8-9,12,17-19,21H,5,7,10H2,1H3/b13-2+/t12-,17-/m0/s1. The predicted molar refractivity (Wildman–Crippen MR) is 82.5 cm³/mol. The zero-order valence-corrected chi connectivity index (χ0v) is 12.8. The molecule has 1 heterocycles. The fourth-order valence-electron chi connectivity index (χ4n) is 2.38. The SMILES string of the molecule is C/C=C1\[C@H](CC(=O)OCCc2ccc(O)c(O)c2)C=CO[C@@H]1O. The van der Waals surface area contributed by atoms with E-state index in [1.54, 1.807) is 25.1 Å². The molecule has 2 rings (SSSR count). The second-order valence-electron chi connectivity index (χ2n) is 5.21. The fourth-order valence-corrected chi connectivity index (χ4v) is 2.38. The van der Waals surface area contributed by atoms with Crippen LogP contribution in [0.2, 0.25) is 0 Å². The van der Waals surface area contributed by atoms with Crippen molar-refractivity contribution in [2.45, 2.75) is 26.1 Å². The highest BCUT2D eigenvalue weighted by Gasteiger charge is 2.25. The second kappa shape index (κ2) is 7.69. The summed E-state index contributed by atoms with van der Waals surface area (Å²) in [5.41, 5.74) is 1.39. The minimum Gasteiger partial charge on any atom is -0.504 e. The summed E-state index contributed by atoms with van der Waals surface area (Å²) in [7, 11) is 0. The number of benzene rings is 1. The summed E-state index contributed by atoms with van der Waals surface area (Å²) < 4.78 is 10.1. The van der Waals surface area contributed by atoms with Crippen LogP contribution in [0.3, 0.4) is 0 Å². The summed E-state index contributed by atoms with van der Waals surface area (Å²) >= 11 is 0. The molecule has 0 aromatic heterocycles. The average Bonchev–Trinajstić information content (AvgIpc) is 2.51. The van der Waals surface area contributed by atoms with Crippen LogP contribution in [0, 0.1) is 5.92 Å². The Labute approximate surface area is 134 Å². The van der Waals surface area contributed by atoms with E-state index >= 15 is 0 Å². The number of carbonyl (C=O) groups is 1. The molecule has 1 aromatic rings. The van der Waals surface area contributed by atoms with Gasteiger partial charge in [0.25, 0.3) is 0 Å². The Morgan fingerprint density at radius 1 is 1.35 bits per heavy atom. The van der Waals surface area contributed by atoms with Crippen LogP contribution in [0.5, 0.6) is 11.5 Å². The first-order chi connectivity index (χ1) is 11.0. The molecule has 0 aliphatic carbocycles. The number of allylic oxidation sites excluding steroid dienone is 2. The lowest BCUT2D eigenvalue weighted by atomic mass is 9.93. The Balaban J connectivity index is 1.82. The Bertz CT molecular complexity index is 620. The molecule has 0 amide bonds. The molecule has 0 saturated heterocycles. The van der Waals surface area contributed by atoms with Gasteiger partial charge in [0.15, 0.2) is 11.5 Å². The van der Waals surface area contributed by atoms with E-state index in [4.69, 9.17) is 9.47 Å². The molecule has 6 nitrogen and oxygen atoms in total. The summed E-state index contributed by atoms with van der Waals surface area (Å²) in [6.45, 7) is 1.94. The maximum absolute atomic E-state index is 11.9. The molecule has 1 aliphatic heterocycles. The van der Waals surface area contributed by atoms with Gasteiger partial charge < -0.3 is 24.8 Å². The van der Waals surface area contributed by atoms with Crippen molar-refractivity contribution >= 4 is 5.97 Å². The van der Waals surface area contributed by atoms with Gasteiger partial charge in [-0.1, -0.05) is 12.1 Å². The smallest absolute Gasteiger partial charge is 0.306 e. The Morgan fingerprint density at radius 2 is 2.13 bits per heavy atom. The van der Waals surface area contributed by atoms with Crippen molar-refractivity contribution in [1.29, 1.82) is 0 Å². The number of aliphatic hydroxyl groups is 1. The first-order valence-electron chi connectivity index (χ1n) is 7.34. The van der Waals surface area contributed by atoms with Crippen molar-refractivity contribution in [3.8, 4) is 11.5 Å². The highest BCUT2D eigenvalue weighted by molar-refractivity contribution is 5.70. The molecular weight excluding hydrogens is 300 g/mol. The zero-order chi connectivity index (χ0) is 16.8. The van der Waals surface area contributed by atoms with Crippen LogP contribution in [0.4, 0.5) is 0 Å². The predicted octanol–water partition coefficient (Wildman–Crippen LogP) is 2.00. The van der Waals surface area contributed by atoms with Gasteiger partial charge in [-0.15, -0.1) is 0 Å². The van der Waals surface area contributed by atoms with Crippen molar-refractivity contribution in [2.75, 3.05) is 6.61 Å². The number of rotatable bonds is 5. The van der Waals surface area contributed by atoms with E-state index in [0.717, 1.165) is 5.56 Å². The summed E-state index contributed by atoms with van der Waals surface area (Å²) in [6.07, 6.45) is 4.35. The monoisotopic (exact) mass is 320 g/mol. The lowest BCUT2D eigenvalue weighted by Crippen LogP contribution is -2.24. The van der Waals surface area contributed by atoms with Crippen molar-refractivity contribution in [2.24, 2.45) is 5.92 Å². The van der Waals surface area contributed by atoms with Gasteiger partial charge in [-0.2, -0.15) is 0 Å². The molecule has 0 spiro atoms. The highest BCUT2D eigenvalue weighted by Crippen LogP contribution is 2.26. The average molecular weight is 320 g/mol. The van der Waals surface area contributed by atoms with Gasteiger partial charge in [0, 0.05) is 17.9 Å². The summed E-state index contributed by atoms with van der Waals surface area (Å²) in [5, 5.41) is 28.3. The number of esters is 1. The topological polar surface area (TPSA) is 96.2 Å². The van der Waals surface area contributed by atoms with Gasteiger partial charge in [-0.25, -0.2) is 0 Å². The number of phenolic OH excluding ortho intramolecular Hbond substituents is 2. The van der Waals surface area contributed by atoms with Crippen molar-refractivity contribution in [3.05, 3.63) is 47.7 Å². The molecule has 6 heteroatoms. The molecule has 0 unspecified atom stereocenters. The third-order valence-electron chi connectivity index (χ3n) is 3.65. The van der Waals surface area contributed by atoms with E-state index in [1.165, 1.54) is 18.4 Å². The molecule has 3 N–H and O–H groups in total. The molecular formula is C17H20O6. The van der Waals surface area contributed by atoms with Crippen LogP contribution in [0.1, 0.15) is 18.9 Å². The molecule has 0 fully saturated rings. The molecule has 0 saturated carbocycles. The number of hydrogen-bond acceptors (Lipinski definition) is 6. The van der Waals surface area contributed by atoms with E-state index in [2.05, 4.69) is 0 Å². The number of hydrogen-bond donors (Lipinski definition) is 3. The van der Waals surface area contributed by atoms with Gasteiger partial charge >= 0.3 is 5.97 Å². The van der Waals surface area contributed by atoms with Crippen LogP contribution < -0.4 is 0 Å². The van der Waals surface area contributed by atoms with Gasteiger partial charge in [0.05, 0.1) is 19.3 Å². The third kappa shape index (κ3) is 4.50. The van der Waals surface area contributed by atoms with Crippen LogP contribution in [-0.4, -0.2) is 34.2 Å². The largest absolute Gasteiger partial charge is 0.504 e. The van der Waals surface area contributed by atoms with E-state index in [9.17, 15) is 20.1 Å². The lowest BCUT2D eigenvalue weighted by molar-refractivity contribution is -0.144. The first kappa shape index (κ1) is 16.9. The van der Waals surface area contributed by atoms with E-state index in [-0.39, 0.29) is 36.4 Å². The number of aromatic hydroxyl groups is 2. The van der Waals surface area contributed by atoms with Crippen molar-refractivity contribution in [1.82, 2.24) is 0 Å². The summed E-state index contributed by atoms with van der Waals surface area (Å²) in [4.78, 5) is 11.9. The van der Waals surface area contributed by atoms with Crippen LogP contribution in [0.15, 0.2) is 42.2 Å². The highest BCUT2D eigenvalue weighted by atomic mass is 16.6. The van der Waals surface area contributed by atoms with Crippen LogP contribution in [0.25, 0.3) is 0 Å². The Morgan fingerprint density at radius 3 is 2.83 bits per heavy atom. The van der Waals surface area contributed by atoms with Gasteiger partial charge in [-0.05, 0) is 30.7 Å². The summed E-state index contributed by atoms with van der Waals surface area (Å²) in [6, 6.07) is 4.47. The molecule has 0 bridgehead atoms. The first-order valence-corrected chi connectivity index (χ1v) is 7.34. The van der Waals surface area contributed by atoms with E-state index in [0.29, 0.717) is 12.0 Å². The van der Waals surface area contributed by atoms with Gasteiger partial charge in [-0.3, -0.25) is 4.79 Å². The van der Waals surface area contributed by atoms with Gasteiger partial charge in [0.1, 0.15) is 0 Å². The number of phenols is 2. The number of aliphatic hydroxyl groups excluding tert-OH is 1. The molecule has 23 heavy (non-hydrogen) atoms. The zero-order valence-electron chi connectivity index (χ0n) is 12.8. The van der Waals surface area contributed by atoms with Gasteiger partial charge in [0.2, 0.25) is 6.29 Å². The molecule has 0 radical (unpaired) electrons. The van der Waals surface area contributed by atoms with E-state index < -0.39 is 6.29 Å². The number of carbonyl (C=O) groups excluding carboxylic acids is 1. The molecule has 124 valence electrons.